The highest BCUT2D eigenvalue weighted by Crippen LogP contribution is 2.12. The number of hydrazine groups is 1. The van der Waals surface area contributed by atoms with Crippen LogP contribution in [-0.2, 0) is 5.75 Å². The van der Waals surface area contributed by atoms with Gasteiger partial charge in [0.15, 0.2) is 0 Å². The molecule has 24 heavy (non-hydrogen) atoms. The van der Waals surface area contributed by atoms with Gasteiger partial charge < -0.3 is 0 Å². The smallest absolute Gasteiger partial charge is 0.267 e. The molecule has 0 radical (unpaired) electrons. The summed E-state index contributed by atoms with van der Waals surface area (Å²) in [6.07, 6.45) is 1.97. The molecule has 2 aromatic rings. The maximum absolute atomic E-state index is 12.1. The molecule has 0 bridgehead atoms. The van der Waals surface area contributed by atoms with Crippen molar-refractivity contribution in [2.75, 3.05) is 6.26 Å². The number of benzene rings is 2. The molecule has 0 heterocycles. The third-order valence-corrected chi connectivity index (χ3v) is 3.75. The topological polar surface area (TPSA) is 101 Å². The lowest BCUT2D eigenvalue weighted by Gasteiger charge is -2.08. The minimum absolute atomic E-state index is 0.110. The molecule has 2 aromatic carbocycles. The van der Waals surface area contributed by atoms with E-state index >= 15 is 0 Å². The van der Waals surface area contributed by atoms with Crippen molar-refractivity contribution in [3.05, 3.63) is 75.3 Å². The molecule has 0 atom stereocenters. The van der Waals surface area contributed by atoms with Crippen molar-refractivity contribution in [3.8, 4) is 0 Å². The number of nitro benzene ring substituents is 1. The van der Waals surface area contributed by atoms with Gasteiger partial charge in [-0.2, -0.15) is 11.8 Å². The zero-order valence-electron chi connectivity index (χ0n) is 12.8. The minimum Gasteiger partial charge on any atom is -0.267 e. The maximum atomic E-state index is 12.1. The summed E-state index contributed by atoms with van der Waals surface area (Å²) in [6, 6.07) is 12.2. The Kier molecular flexibility index (Phi) is 5.91. The Morgan fingerprint density at radius 3 is 2.25 bits per heavy atom. The number of hydrogen-bond acceptors (Lipinski definition) is 5. The number of nitro groups is 1. The SMILES string of the molecule is CSCc1cccc(C(=O)NNC(=O)c2ccc([N+](=O)[O-])cc2)c1. The van der Waals surface area contributed by atoms with Gasteiger partial charge in [-0.3, -0.25) is 30.6 Å². The second-order valence-corrected chi connectivity index (χ2v) is 5.71. The first-order valence-corrected chi connectivity index (χ1v) is 8.33. The van der Waals surface area contributed by atoms with Gasteiger partial charge in [0.05, 0.1) is 4.92 Å². The van der Waals surface area contributed by atoms with Crippen LogP contribution in [0.5, 0.6) is 0 Å². The summed E-state index contributed by atoms with van der Waals surface area (Å²) in [5.74, 6) is -0.206. The molecule has 0 unspecified atom stereocenters. The molecule has 2 amide bonds. The Balaban J connectivity index is 1.96. The Labute approximate surface area is 142 Å². The fourth-order valence-corrected chi connectivity index (χ4v) is 2.47. The Morgan fingerprint density at radius 1 is 1.04 bits per heavy atom. The van der Waals surface area contributed by atoms with Gasteiger partial charge in [0, 0.05) is 29.0 Å². The molecular formula is C16H15N3O4S. The van der Waals surface area contributed by atoms with Gasteiger partial charge in [-0.25, -0.2) is 0 Å². The van der Waals surface area contributed by atoms with Crippen molar-refractivity contribution in [2.24, 2.45) is 0 Å². The van der Waals surface area contributed by atoms with Crippen LogP contribution >= 0.6 is 11.8 Å². The number of carbonyl (C=O) groups excluding carboxylic acids is 2. The maximum Gasteiger partial charge on any atom is 0.269 e. The monoisotopic (exact) mass is 345 g/mol. The van der Waals surface area contributed by atoms with E-state index in [1.807, 2.05) is 12.3 Å². The lowest BCUT2D eigenvalue weighted by atomic mass is 10.1. The molecule has 7 nitrogen and oxygen atoms in total. The van der Waals surface area contributed by atoms with Crippen LogP contribution in [0, 0.1) is 10.1 Å². The molecule has 0 saturated heterocycles. The van der Waals surface area contributed by atoms with Crippen LogP contribution in [0.3, 0.4) is 0 Å². The summed E-state index contributed by atoms with van der Waals surface area (Å²) in [6.45, 7) is 0. The van der Waals surface area contributed by atoms with Crippen LogP contribution in [0.15, 0.2) is 48.5 Å². The number of rotatable bonds is 5. The second kappa shape index (κ2) is 8.11. The van der Waals surface area contributed by atoms with Crippen molar-refractivity contribution in [2.45, 2.75) is 5.75 Å². The zero-order valence-corrected chi connectivity index (χ0v) is 13.6. The molecule has 0 aliphatic carbocycles. The fraction of sp³-hybridized carbons (Fsp3) is 0.125. The first-order chi connectivity index (χ1) is 11.5. The van der Waals surface area contributed by atoms with Crippen LogP contribution in [0.4, 0.5) is 5.69 Å². The van der Waals surface area contributed by atoms with E-state index in [2.05, 4.69) is 10.9 Å². The highest BCUT2D eigenvalue weighted by molar-refractivity contribution is 7.97. The largest absolute Gasteiger partial charge is 0.269 e. The minimum atomic E-state index is -0.557. The highest BCUT2D eigenvalue weighted by atomic mass is 32.2. The van der Waals surface area contributed by atoms with Gasteiger partial charge in [0.25, 0.3) is 17.5 Å². The average Bonchev–Trinajstić information content (AvgIpc) is 2.60. The standard InChI is InChI=1S/C16H15N3O4S/c1-24-10-11-3-2-4-13(9-11)16(21)18-17-15(20)12-5-7-14(8-6-12)19(22)23/h2-9H,10H2,1H3,(H,17,20)(H,18,21). The van der Waals surface area contributed by atoms with Crippen LogP contribution in [0.1, 0.15) is 26.3 Å². The van der Waals surface area contributed by atoms with E-state index < -0.39 is 16.7 Å². The molecule has 2 N–H and O–H groups in total. The van der Waals surface area contributed by atoms with E-state index in [0.717, 1.165) is 11.3 Å². The predicted octanol–water partition coefficient (Wildman–Crippen LogP) is 2.53. The number of nitrogens with one attached hydrogen (secondary N) is 2. The molecule has 0 spiro atoms. The zero-order chi connectivity index (χ0) is 17.5. The summed E-state index contributed by atoms with van der Waals surface area (Å²) in [5.41, 5.74) is 6.15. The van der Waals surface area contributed by atoms with Crippen molar-refractivity contribution in [1.82, 2.24) is 10.9 Å². The first kappa shape index (κ1) is 17.5. The molecule has 0 fully saturated rings. The fourth-order valence-electron chi connectivity index (χ4n) is 1.96. The van der Waals surface area contributed by atoms with Crippen LogP contribution in [-0.4, -0.2) is 23.0 Å². The summed E-state index contributed by atoms with van der Waals surface area (Å²) < 4.78 is 0. The number of nitrogens with zero attached hydrogens (tertiary/aromatic N) is 1. The molecular weight excluding hydrogens is 330 g/mol. The van der Waals surface area contributed by atoms with Crippen molar-refractivity contribution in [1.29, 1.82) is 0 Å². The Hall–Kier alpha value is -2.87. The third kappa shape index (κ3) is 4.56. The van der Waals surface area contributed by atoms with Gasteiger partial charge in [0.1, 0.15) is 0 Å². The molecule has 0 aromatic heterocycles. The molecule has 124 valence electrons. The number of thioether (sulfide) groups is 1. The summed E-state index contributed by atoms with van der Waals surface area (Å²) >= 11 is 1.64. The molecule has 8 heteroatoms. The lowest BCUT2D eigenvalue weighted by Crippen LogP contribution is -2.41. The van der Waals surface area contributed by atoms with Gasteiger partial charge >= 0.3 is 0 Å². The van der Waals surface area contributed by atoms with Gasteiger partial charge in [0.2, 0.25) is 0 Å². The molecule has 0 aliphatic rings. The molecule has 0 aliphatic heterocycles. The Bertz CT molecular complexity index is 762. The van der Waals surface area contributed by atoms with E-state index in [1.54, 1.807) is 30.0 Å². The quantitative estimate of drug-likeness (QED) is 0.640. The average molecular weight is 345 g/mol. The normalized spacial score (nSPS) is 10.0. The summed E-state index contributed by atoms with van der Waals surface area (Å²) in [4.78, 5) is 34.0. The number of amides is 2. The van der Waals surface area contributed by atoms with Gasteiger partial charge in [-0.15, -0.1) is 0 Å². The Morgan fingerprint density at radius 2 is 1.67 bits per heavy atom. The predicted molar refractivity (Wildman–Crippen MR) is 91.7 cm³/mol. The van der Waals surface area contributed by atoms with Crippen molar-refractivity contribution in [3.63, 3.8) is 0 Å². The van der Waals surface area contributed by atoms with Crippen LogP contribution in [0.2, 0.25) is 0 Å². The summed E-state index contributed by atoms with van der Waals surface area (Å²) in [5, 5.41) is 10.6. The first-order valence-electron chi connectivity index (χ1n) is 6.94. The number of non-ortho nitro benzene ring substituents is 1. The van der Waals surface area contributed by atoms with Gasteiger partial charge in [-0.05, 0) is 36.1 Å². The van der Waals surface area contributed by atoms with Crippen LogP contribution < -0.4 is 10.9 Å². The molecule has 2 rings (SSSR count). The van der Waals surface area contributed by atoms with E-state index in [9.17, 15) is 19.7 Å². The highest BCUT2D eigenvalue weighted by Gasteiger charge is 2.11. The summed E-state index contributed by atoms with van der Waals surface area (Å²) in [7, 11) is 0. The van der Waals surface area contributed by atoms with E-state index in [1.165, 1.54) is 24.3 Å². The third-order valence-electron chi connectivity index (χ3n) is 3.13. The van der Waals surface area contributed by atoms with Crippen LogP contribution in [0.25, 0.3) is 0 Å². The molecule has 0 saturated carbocycles. The van der Waals surface area contributed by atoms with E-state index in [4.69, 9.17) is 0 Å². The second-order valence-electron chi connectivity index (χ2n) is 4.85. The van der Waals surface area contributed by atoms with Gasteiger partial charge in [-0.1, -0.05) is 12.1 Å². The lowest BCUT2D eigenvalue weighted by molar-refractivity contribution is -0.384. The van der Waals surface area contributed by atoms with E-state index in [-0.39, 0.29) is 11.3 Å². The van der Waals surface area contributed by atoms with E-state index in [0.29, 0.717) is 5.56 Å². The van der Waals surface area contributed by atoms with Crippen molar-refractivity contribution >= 4 is 29.3 Å². The number of carbonyl (C=O) groups is 2. The number of hydrogen-bond donors (Lipinski definition) is 2. The van der Waals surface area contributed by atoms with Crippen molar-refractivity contribution < 1.29 is 14.5 Å².